The molecule has 39 heavy (non-hydrogen) atoms. The van der Waals surface area contributed by atoms with Gasteiger partial charge in [-0.25, -0.2) is 4.98 Å². The second kappa shape index (κ2) is 10.6. The molecule has 6 rings (SSSR count). The molecule has 0 saturated heterocycles. The van der Waals surface area contributed by atoms with Crippen LogP contribution >= 0.6 is 8.58 Å². The van der Waals surface area contributed by atoms with E-state index in [0.717, 1.165) is 38.8 Å². The molecule has 0 fully saturated rings. The van der Waals surface area contributed by atoms with Gasteiger partial charge in [0.15, 0.2) is 5.65 Å². The van der Waals surface area contributed by atoms with Gasteiger partial charge in [-0.15, -0.1) is 0 Å². The number of amides is 1. The zero-order chi connectivity index (χ0) is 26.8. The molecule has 0 saturated carbocycles. The normalized spacial score (nSPS) is 11.4. The molecule has 0 aliphatic rings. The van der Waals surface area contributed by atoms with Crippen LogP contribution in [0, 0.1) is 0 Å². The molecule has 0 radical (unpaired) electrons. The zero-order valence-corrected chi connectivity index (χ0v) is 22.2. The van der Waals surface area contributed by atoms with Gasteiger partial charge in [-0.3, -0.25) is 4.79 Å². The lowest BCUT2D eigenvalue weighted by molar-refractivity contribution is 0.102. The molecule has 2 heterocycles. The number of hydrogen-bond donors (Lipinski definition) is 3. The average molecular weight is 532 g/mol. The van der Waals surface area contributed by atoms with Crippen LogP contribution in [0.5, 0.6) is 5.75 Å². The lowest BCUT2D eigenvalue weighted by Gasteiger charge is -2.13. The summed E-state index contributed by atoms with van der Waals surface area (Å²) in [6.07, 6.45) is 1.84. The number of carbonyl (C=O) groups excluding carboxylic acids is 1. The second-order valence-corrected chi connectivity index (χ2v) is 10.2. The van der Waals surface area contributed by atoms with Gasteiger partial charge in [0.1, 0.15) is 11.6 Å². The predicted octanol–water partition coefficient (Wildman–Crippen LogP) is 6.05. The van der Waals surface area contributed by atoms with Crippen LogP contribution in [-0.2, 0) is 6.54 Å². The molecule has 3 N–H and O–H groups in total. The molecule has 1 atom stereocenters. The van der Waals surface area contributed by atoms with Crippen molar-refractivity contribution in [3.05, 3.63) is 114 Å². The van der Waals surface area contributed by atoms with Crippen molar-refractivity contribution in [3.63, 3.8) is 0 Å². The molecule has 0 spiro atoms. The van der Waals surface area contributed by atoms with Crippen molar-refractivity contribution < 1.29 is 9.90 Å². The smallest absolute Gasteiger partial charge is 0.256 e. The fraction of sp³-hybridized carbons (Fsp3) is 0.0645. The second-order valence-electron chi connectivity index (χ2n) is 9.12. The molecule has 4 aromatic carbocycles. The minimum Gasteiger partial charge on any atom is -0.507 e. The fourth-order valence-electron chi connectivity index (χ4n) is 4.67. The number of aromatic hydroxyl groups is 1. The van der Waals surface area contributed by atoms with Gasteiger partial charge in [0.25, 0.3) is 5.91 Å². The molecule has 1 unspecified atom stereocenters. The van der Waals surface area contributed by atoms with Gasteiger partial charge in [0.2, 0.25) is 0 Å². The topological polar surface area (TPSA) is 91.5 Å². The highest BCUT2D eigenvalue weighted by Crippen LogP contribution is 2.30. The molecule has 0 bridgehead atoms. The summed E-state index contributed by atoms with van der Waals surface area (Å²) in [5, 5.41) is 24.5. The highest BCUT2D eigenvalue weighted by atomic mass is 31.1. The van der Waals surface area contributed by atoms with Gasteiger partial charge in [0.05, 0.1) is 11.9 Å². The Morgan fingerprint density at radius 1 is 0.949 bits per heavy atom. The van der Waals surface area contributed by atoms with Crippen molar-refractivity contribution in [2.24, 2.45) is 0 Å². The van der Waals surface area contributed by atoms with Crippen molar-refractivity contribution >= 4 is 47.7 Å². The van der Waals surface area contributed by atoms with E-state index in [4.69, 9.17) is 4.98 Å². The van der Waals surface area contributed by atoms with Crippen LogP contribution in [-0.4, -0.2) is 32.3 Å². The number of rotatable bonds is 7. The summed E-state index contributed by atoms with van der Waals surface area (Å²) >= 11 is 0. The third-order valence-corrected chi connectivity index (χ3v) is 7.51. The van der Waals surface area contributed by atoms with E-state index in [0.29, 0.717) is 31.9 Å². The van der Waals surface area contributed by atoms with Crippen LogP contribution in [0.15, 0.2) is 103 Å². The highest BCUT2D eigenvalue weighted by molar-refractivity contribution is 7.46. The number of phenols is 1. The summed E-state index contributed by atoms with van der Waals surface area (Å²) in [6, 6.07) is 30.5. The van der Waals surface area contributed by atoms with Crippen molar-refractivity contribution in [1.82, 2.24) is 14.6 Å². The van der Waals surface area contributed by atoms with E-state index >= 15 is 0 Å². The first-order chi connectivity index (χ1) is 19.1. The summed E-state index contributed by atoms with van der Waals surface area (Å²) in [4.78, 5) is 17.9. The highest BCUT2D eigenvalue weighted by Gasteiger charge is 2.14. The Balaban J connectivity index is 1.26. The number of nitrogens with one attached hydrogen (secondary N) is 2. The zero-order valence-electron chi connectivity index (χ0n) is 21.2. The molecule has 8 heteroatoms. The maximum Gasteiger partial charge on any atom is 0.256 e. The summed E-state index contributed by atoms with van der Waals surface area (Å²) < 4.78 is 1.79. The van der Waals surface area contributed by atoms with Crippen LogP contribution in [0.25, 0.3) is 27.7 Å². The molecule has 0 aliphatic heterocycles. The quantitative estimate of drug-likeness (QED) is 0.218. The number of aromatic nitrogens is 3. The predicted molar refractivity (Wildman–Crippen MR) is 160 cm³/mol. The van der Waals surface area contributed by atoms with Gasteiger partial charge in [-0.05, 0) is 53.3 Å². The summed E-state index contributed by atoms with van der Waals surface area (Å²) in [5.74, 6) is 0.785. The average Bonchev–Trinajstić information content (AvgIpc) is 3.39. The van der Waals surface area contributed by atoms with Gasteiger partial charge in [-0.2, -0.15) is 9.61 Å². The third kappa shape index (κ3) is 4.92. The molecule has 7 nitrogen and oxygen atoms in total. The minimum absolute atomic E-state index is 0.149. The van der Waals surface area contributed by atoms with Gasteiger partial charge in [-0.1, -0.05) is 69.2 Å². The first-order valence-corrected chi connectivity index (χ1v) is 14.1. The number of fused-ring (bicyclic) bond motifs is 2. The SMILES string of the molecule is CPc1cnn2c(NCc3cccc(NC(=O)c4cccc5ccccc45)c3)cc(-c3ccccc3O)nc12. The first-order valence-electron chi connectivity index (χ1n) is 12.6. The van der Waals surface area contributed by atoms with Crippen LogP contribution in [0.4, 0.5) is 11.5 Å². The van der Waals surface area contributed by atoms with Crippen molar-refractivity contribution in [3.8, 4) is 17.0 Å². The number of nitrogens with zero attached hydrogens (tertiary/aromatic N) is 3. The Morgan fingerprint density at radius 3 is 2.62 bits per heavy atom. The monoisotopic (exact) mass is 531 g/mol. The van der Waals surface area contributed by atoms with Gasteiger partial charge >= 0.3 is 0 Å². The fourth-order valence-corrected chi connectivity index (χ4v) is 5.24. The number of phenolic OH excluding ortho intramolecular Hbond substituents is 1. The van der Waals surface area contributed by atoms with Crippen LogP contribution in [0.2, 0.25) is 0 Å². The van der Waals surface area contributed by atoms with E-state index in [1.54, 1.807) is 16.6 Å². The molecule has 192 valence electrons. The summed E-state index contributed by atoms with van der Waals surface area (Å²) in [6.45, 7) is 2.59. The first kappa shape index (κ1) is 24.6. The van der Waals surface area contributed by atoms with Gasteiger partial charge in [0, 0.05) is 34.7 Å². The number of para-hydroxylation sites is 1. The standard InChI is InChI=1S/C31H26N5O2P/c1-39-28-19-33-36-29(17-26(35-30(28)36)25-13-4-5-15-27(25)37)32-18-20-8-6-11-22(16-20)34-31(38)24-14-7-10-21-9-2-3-12-23(21)24/h2-17,19,32,37,39H,18H2,1H3,(H,34,38). The third-order valence-electron chi connectivity index (χ3n) is 6.61. The van der Waals surface area contributed by atoms with Crippen LogP contribution in [0.1, 0.15) is 15.9 Å². The van der Waals surface area contributed by atoms with Crippen molar-refractivity contribution in [2.75, 3.05) is 17.3 Å². The largest absolute Gasteiger partial charge is 0.507 e. The molecule has 2 aromatic heterocycles. The molecule has 1 amide bonds. The van der Waals surface area contributed by atoms with E-state index in [2.05, 4.69) is 22.4 Å². The van der Waals surface area contributed by atoms with E-state index in [9.17, 15) is 9.90 Å². The van der Waals surface area contributed by atoms with E-state index in [1.807, 2.05) is 91.1 Å². The number of hydrogen-bond acceptors (Lipinski definition) is 5. The molecular formula is C31H26N5O2P. The molecular weight excluding hydrogens is 505 g/mol. The van der Waals surface area contributed by atoms with E-state index < -0.39 is 0 Å². The van der Waals surface area contributed by atoms with Crippen molar-refractivity contribution in [2.45, 2.75) is 6.54 Å². The number of anilines is 2. The maximum atomic E-state index is 13.1. The Kier molecular flexibility index (Phi) is 6.66. The van der Waals surface area contributed by atoms with E-state index in [-0.39, 0.29) is 11.7 Å². The Hall–Kier alpha value is -4.74. The Bertz CT molecular complexity index is 1830. The molecule has 0 aliphatic carbocycles. The maximum absolute atomic E-state index is 13.1. The lowest BCUT2D eigenvalue weighted by Crippen LogP contribution is -2.13. The van der Waals surface area contributed by atoms with Crippen molar-refractivity contribution in [1.29, 1.82) is 0 Å². The minimum atomic E-state index is -0.149. The number of benzene rings is 4. The molecule has 6 aromatic rings. The lowest BCUT2D eigenvalue weighted by atomic mass is 10.0. The van der Waals surface area contributed by atoms with Gasteiger partial charge < -0.3 is 15.7 Å². The Labute approximate surface area is 227 Å². The Morgan fingerprint density at radius 2 is 1.74 bits per heavy atom. The van der Waals surface area contributed by atoms with Crippen LogP contribution in [0.3, 0.4) is 0 Å². The van der Waals surface area contributed by atoms with E-state index in [1.165, 1.54) is 0 Å². The number of carbonyl (C=O) groups is 1. The van der Waals surface area contributed by atoms with Crippen LogP contribution < -0.4 is 15.9 Å². The summed E-state index contributed by atoms with van der Waals surface area (Å²) in [7, 11) is 0.532. The summed E-state index contributed by atoms with van der Waals surface area (Å²) in [5.41, 5.74) is 4.43.